The number of carbonyl (C=O) groups excluding carboxylic acids is 2. The number of benzene rings is 2. The number of hydrogen-bond acceptors (Lipinski definition) is 5. The summed E-state index contributed by atoms with van der Waals surface area (Å²) in [6.45, 7) is -0.120. The molecule has 1 aliphatic rings. The third-order valence-corrected chi connectivity index (χ3v) is 6.35. The Morgan fingerprint density at radius 1 is 1.08 bits per heavy atom. The molecule has 2 aromatic carbocycles. The van der Waals surface area contributed by atoms with Crippen LogP contribution in [0.4, 0.5) is 5.69 Å². The molecule has 3 N–H and O–H groups in total. The summed E-state index contributed by atoms with van der Waals surface area (Å²) in [4.78, 5) is 27.8. The number of aliphatic hydroxyl groups is 2. The molecule has 4 rings (SSSR count). The summed E-state index contributed by atoms with van der Waals surface area (Å²) in [5.74, 6) is 0.0109. The first-order valence-electron chi connectivity index (χ1n) is 11.3. The van der Waals surface area contributed by atoms with E-state index in [9.17, 15) is 14.7 Å². The molecule has 0 unspecified atom stereocenters. The Bertz CT molecular complexity index is 1280. The van der Waals surface area contributed by atoms with Gasteiger partial charge in [-0.05, 0) is 29.8 Å². The van der Waals surface area contributed by atoms with E-state index in [0.717, 1.165) is 5.56 Å². The van der Waals surface area contributed by atoms with Gasteiger partial charge in [-0.1, -0.05) is 53.5 Å². The number of nitrogens with one attached hydrogen (secondary N) is 1. The summed E-state index contributed by atoms with van der Waals surface area (Å²) in [6, 6.07) is 14.9. The van der Waals surface area contributed by atoms with Crippen LogP contribution in [0, 0.1) is 0 Å². The van der Waals surface area contributed by atoms with E-state index in [-0.39, 0.29) is 32.0 Å². The van der Waals surface area contributed by atoms with Gasteiger partial charge in [0.15, 0.2) is 0 Å². The van der Waals surface area contributed by atoms with Gasteiger partial charge in [-0.15, -0.1) is 0 Å². The van der Waals surface area contributed by atoms with Crippen molar-refractivity contribution < 1.29 is 24.5 Å². The zero-order valence-electron chi connectivity index (χ0n) is 19.2. The van der Waals surface area contributed by atoms with Gasteiger partial charge in [0, 0.05) is 29.9 Å². The van der Waals surface area contributed by atoms with Gasteiger partial charge in [-0.25, -0.2) is 0 Å². The summed E-state index contributed by atoms with van der Waals surface area (Å²) < 4.78 is 7.49. The van der Waals surface area contributed by atoms with Crippen molar-refractivity contribution >= 4 is 40.7 Å². The van der Waals surface area contributed by atoms with Gasteiger partial charge >= 0.3 is 0 Å². The van der Waals surface area contributed by atoms with Crippen molar-refractivity contribution in [2.45, 2.75) is 25.1 Å². The molecule has 0 fully saturated rings. The van der Waals surface area contributed by atoms with Crippen LogP contribution in [-0.4, -0.2) is 56.8 Å². The molecule has 10 heteroatoms. The highest BCUT2D eigenvalue weighted by molar-refractivity contribution is 6.32. The lowest BCUT2D eigenvalue weighted by Crippen LogP contribution is -2.47. The van der Waals surface area contributed by atoms with Gasteiger partial charge in [-0.3, -0.25) is 9.59 Å². The SMILES string of the molecule is O=C(Nc1ccn(C[C@@H](O)CO)c1)[C@H](Cc1ccccc1Cl)N1CC(Oc2ccccc2Cl)=CC1=O. The summed E-state index contributed by atoms with van der Waals surface area (Å²) in [5, 5.41) is 22.5. The number of aromatic nitrogens is 1. The van der Waals surface area contributed by atoms with Crippen LogP contribution >= 0.6 is 23.2 Å². The van der Waals surface area contributed by atoms with E-state index < -0.39 is 18.1 Å². The van der Waals surface area contributed by atoms with Gasteiger partial charge < -0.3 is 29.7 Å². The van der Waals surface area contributed by atoms with Crippen LogP contribution in [0.15, 0.2) is 78.8 Å². The lowest BCUT2D eigenvalue weighted by Gasteiger charge is -2.27. The molecule has 2 heterocycles. The summed E-state index contributed by atoms with van der Waals surface area (Å²) >= 11 is 12.5. The van der Waals surface area contributed by atoms with E-state index >= 15 is 0 Å². The lowest BCUT2D eigenvalue weighted by molar-refractivity contribution is -0.133. The number of amides is 2. The predicted octanol–water partition coefficient (Wildman–Crippen LogP) is 3.50. The molecule has 0 radical (unpaired) electrons. The zero-order chi connectivity index (χ0) is 25.7. The molecule has 1 aromatic heterocycles. The van der Waals surface area contributed by atoms with Gasteiger partial charge in [0.05, 0.1) is 36.5 Å². The van der Waals surface area contributed by atoms with E-state index in [2.05, 4.69) is 5.32 Å². The minimum Gasteiger partial charge on any atom is -0.458 e. The first-order valence-corrected chi connectivity index (χ1v) is 12.0. The van der Waals surface area contributed by atoms with Crippen LogP contribution in [0.2, 0.25) is 10.0 Å². The molecule has 0 saturated heterocycles. The smallest absolute Gasteiger partial charge is 0.251 e. The van der Waals surface area contributed by atoms with Crippen molar-refractivity contribution in [2.75, 3.05) is 18.5 Å². The average Bonchev–Trinajstić information content (AvgIpc) is 3.45. The van der Waals surface area contributed by atoms with Crippen LogP contribution in [0.5, 0.6) is 5.75 Å². The quantitative estimate of drug-likeness (QED) is 0.372. The summed E-state index contributed by atoms with van der Waals surface area (Å²) in [5.41, 5.74) is 1.21. The van der Waals surface area contributed by atoms with Crippen LogP contribution in [0.1, 0.15) is 5.56 Å². The predicted molar refractivity (Wildman–Crippen MR) is 137 cm³/mol. The molecule has 2 amide bonds. The van der Waals surface area contributed by atoms with E-state index in [4.69, 9.17) is 33.0 Å². The number of halogens is 2. The van der Waals surface area contributed by atoms with Gasteiger partial charge in [0.1, 0.15) is 17.6 Å². The first kappa shape index (κ1) is 25.8. The lowest BCUT2D eigenvalue weighted by atomic mass is 10.0. The van der Waals surface area contributed by atoms with Crippen molar-refractivity contribution in [3.8, 4) is 5.75 Å². The summed E-state index contributed by atoms with van der Waals surface area (Å²) in [6.07, 6.45) is 3.94. The van der Waals surface area contributed by atoms with E-state index in [1.807, 2.05) is 12.1 Å². The molecular formula is C26H25Cl2N3O5. The maximum absolute atomic E-state index is 13.4. The first-order chi connectivity index (χ1) is 17.3. The van der Waals surface area contributed by atoms with Crippen LogP contribution in [0.3, 0.4) is 0 Å². The van der Waals surface area contributed by atoms with Crippen LogP contribution in [0.25, 0.3) is 0 Å². The Hall–Kier alpha value is -3.30. The fourth-order valence-electron chi connectivity index (χ4n) is 3.88. The molecule has 1 aliphatic heterocycles. The number of ether oxygens (including phenoxy) is 1. The Kier molecular flexibility index (Phi) is 8.32. The van der Waals surface area contributed by atoms with Crippen molar-refractivity contribution in [2.24, 2.45) is 0 Å². The molecule has 2 atom stereocenters. The second-order valence-corrected chi connectivity index (χ2v) is 9.16. The van der Waals surface area contributed by atoms with Crippen molar-refractivity contribution in [3.05, 3.63) is 94.4 Å². The number of rotatable bonds is 10. The largest absolute Gasteiger partial charge is 0.458 e. The number of aliphatic hydroxyl groups excluding tert-OH is 2. The monoisotopic (exact) mass is 529 g/mol. The third kappa shape index (κ3) is 6.27. The van der Waals surface area contributed by atoms with Crippen molar-refractivity contribution in [3.63, 3.8) is 0 Å². The molecule has 3 aromatic rings. The van der Waals surface area contributed by atoms with E-state index in [1.165, 1.54) is 11.0 Å². The highest BCUT2D eigenvalue weighted by atomic mass is 35.5. The molecule has 36 heavy (non-hydrogen) atoms. The number of nitrogens with zero attached hydrogens (tertiary/aromatic N) is 2. The Morgan fingerprint density at radius 2 is 1.81 bits per heavy atom. The second kappa shape index (κ2) is 11.6. The molecule has 0 aliphatic carbocycles. The third-order valence-electron chi connectivity index (χ3n) is 5.67. The van der Waals surface area contributed by atoms with Gasteiger partial charge in [0.25, 0.3) is 5.91 Å². The Labute approximate surface area is 218 Å². The van der Waals surface area contributed by atoms with Crippen molar-refractivity contribution in [1.29, 1.82) is 0 Å². The molecule has 188 valence electrons. The highest BCUT2D eigenvalue weighted by Gasteiger charge is 2.35. The number of carbonyl (C=O) groups is 2. The molecule has 0 spiro atoms. The van der Waals surface area contributed by atoms with Crippen molar-refractivity contribution in [1.82, 2.24) is 9.47 Å². The van der Waals surface area contributed by atoms with Crippen LogP contribution < -0.4 is 10.1 Å². The Balaban J connectivity index is 1.53. The molecule has 0 bridgehead atoms. The van der Waals surface area contributed by atoms with E-state index in [1.54, 1.807) is 59.4 Å². The highest BCUT2D eigenvalue weighted by Crippen LogP contribution is 2.28. The molecular weight excluding hydrogens is 505 g/mol. The summed E-state index contributed by atoms with van der Waals surface area (Å²) in [7, 11) is 0. The zero-order valence-corrected chi connectivity index (χ0v) is 20.7. The second-order valence-electron chi connectivity index (χ2n) is 8.34. The maximum Gasteiger partial charge on any atom is 0.251 e. The maximum atomic E-state index is 13.4. The molecule has 8 nitrogen and oxygen atoms in total. The number of para-hydroxylation sites is 1. The number of hydrogen-bond donors (Lipinski definition) is 3. The minimum absolute atomic E-state index is 0.0797. The van der Waals surface area contributed by atoms with Gasteiger partial charge in [-0.2, -0.15) is 0 Å². The fourth-order valence-corrected chi connectivity index (χ4v) is 4.27. The normalized spacial score (nSPS) is 14.9. The van der Waals surface area contributed by atoms with E-state index in [0.29, 0.717) is 27.2 Å². The minimum atomic E-state index is -0.918. The topological polar surface area (TPSA) is 104 Å². The number of anilines is 1. The molecule has 0 saturated carbocycles. The average molecular weight is 530 g/mol. The van der Waals surface area contributed by atoms with Gasteiger partial charge in [0.2, 0.25) is 5.91 Å². The standard InChI is InChI=1S/C26H25Cl2N3O5/c27-21-6-2-1-5-17(21)11-23(26(35)29-18-9-10-30(13-18)14-19(33)16-32)31-15-20(12-25(31)34)36-24-8-4-3-7-22(24)28/h1-10,12-13,19,23,32-33H,11,14-16H2,(H,29,35)/t19-,23+/m1/s1. The fraction of sp³-hybridized carbons (Fsp3) is 0.231. The Morgan fingerprint density at radius 3 is 2.53 bits per heavy atom. The van der Waals surface area contributed by atoms with Crippen LogP contribution in [-0.2, 0) is 22.6 Å².